The van der Waals surface area contributed by atoms with Crippen LogP contribution in [0.25, 0.3) is 0 Å². The predicted molar refractivity (Wildman–Crippen MR) is 78.5 cm³/mol. The summed E-state index contributed by atoms with van der Waals surface area (Å²) in [6.07, 6.45) is 0.959. The van der Waals surface area contributed by atoms with Crippen molar-refractivity contribution in [2.45, 2.75) is 45.6 Å². The number of thiophene rings is 1. The van der Waals surface area contributed by atoms with Gasteiger partial charge >= 0.3 is 0 Å². The molecular formula is C15H23NO2S. The van der Waals surface area contributed by atoms with E-state index in [0.717, 1.165) is 6.42 Å². The van der Waals surface area contributed by atoms with Crippen molar-refractivity contribution in [3.8, 4) is 0 Å². The molecule has 1 fully saturated rings. The molecule has 4 heteroatoms. The van der Waals surface area contributed by atoms with E-state index in [-0.39, 0.29) is 11.8 Å². The highest BCUT2D eigenvalue weighted by Crippen LogP contribution is 2.50. The molecule has 1 amide bonds. The quantitative estimate of drug-likeness (QED) is 0.901. The molecule has 0 spiro atoms. The van der Waals surface area contributed by atoms with Gasteiger partial charge in [-0.1, -0.05) is 0 Å². The monoisotopic (exact) mass is 281 g/mol. The minimum absolute atomic E-state index is 0.125. The highest BCUT2D eigenvalue weighted by atomic mass is 32.1. The highest BCUT2D eigenvalue weighted by molar-refractivity contribution is 7.12. The zero-order valence-electron chi connectivity index (χ0n) is 12.1. The molecule has 1 saturated carbocycles. The van der Waals surface area contributed by atoms with E-state index in [1.54, 1.807) is 30.1 Å². The van der Waals surface area contributed by atoms with Crippen molar-refractivity contribution in [1.82, 2.24) is 4.90 Å². The van der Waals surface area contributed by atoms with Gasteiger partial charge in [0.25, 0.3) is 0 Å². The van der Waals surface area contributed by atoms with E-state index >= 15 is 0 Å². The second-order valence-electron chi connectivity index (χ2n) is 6.06. The van der Waals surface area contributed by atoms with Gasteiger partial charge in [0.1, 0.15) is 0 Å². The molecule has 2 unspecified atom stereocenters. The van der Waals surface area contributed by atoms with E-state index < -0.39 is 5.60 Å². The average Bonchev–Trinajstić information content (AvgIpc) is 3.00. The van der Waals surface area contributed by atoms with E-state index in [9.17, 15) is 9.90 Å². The smallest absolute Gasteiger partial charge is 0.226 e. The van der Waals surface area contributed by atoms with Crippen LogP contribution in [0.4, 0.5) is 0 Å². The molecule has 1 N–H and O–H groups in total. The Bertz CT molecular complexity index is 461. The Morgan fingerprint density at radius 2 is 2.21 bits per heavy atom. The molecule has 1 aromatic heterocycles. The van der Waals surface area contributed by atoms with Crippen molar-refractivity contribution in [1.29, 1.82) is 0 Å². The highest BCUT2D eigenvalue weighted by Gasteiger charge is 2.46. The van der Waals surface area contributed by atoms with Crippen LogP contribution in [0.1, 0.15) is 42.9 Å². The second-order valence-corrected chi connectivity index (χ2v) is 7.38. The van der Waals surface area contributed by atoms with Crippen molar-refractivity contribution in [3.63, 3.8) is 0 Å². The third-order valence-electron chi connectivity index (χ3n) is 3.51. The van der Waals surface area contributed by atoms with E-state index in [1.807, 2.05) is 6.92 Å². The number of amides is 1. The van der Waals surface area contributed by atoms with Gasteiger partial charge in [-0.2, -0.15) is 0 Å². The molecule has 3 nitrogen and oxygen atoms in total. The van der Waals surface area contributed by atoms with E-state index in [4.69, 9.17) is 0 Å². The number of hydrogen-bond donors (Lipinski definition) is 1. The summed E-state index contributed by atoms with van der Waals surface area (Å²) in [6, 6.07) is 4.26. The van der Waals surface area contributed by atoms with Crippen LogP contribution in [0.2, 0.25) is 0 Å². The van der Waals surface area contributed by atoms with E-state index in [1.165, 1.54) is 9.75 Å². The van der Waals surface area contributed by atoms with Crippen LogP contribution in [-0.4, -0.2) is 34.6 Å². The van der Waals surface area contributed by atoms with Gasteiger partial charge in [0.2, 0.25) is 5.91 Å². The maximum atomic E-state index is 12.4. The maximum Gasteiger partial charge on any atom is 0.226 e. The van der Waals surface area contributed by atoms with Gasteiger partial charge in [-0.3, -0.25) is 4.79 Å². The largest absolute Gasteiger partial charge is 0.389 e. The summed E-state index contributed by atoms with van der Waals surface area (Å²) in [5.41, 5.74) is -0.824. The Morgan fingerprint density at radius 1 is 1.53 bits per heavy atom. The molecule has 0 aromatic carbocycles. The number of carbonyl (C=O) groups is 1. The van der Waals surface area contributed by atoms with Gasteiger partial charge in [0, 0.05) is 34.7 Å². The Kier molecular flexibility index (Phi) is 4.02. The number of likely N-dealkylation sites (N-methyl/N-ethyl adjacent to an activating group) is 1. The minimum atomic E-state index is -0.824. The van der Waals surface area contributed by atoms with E-state index in [0.29, 0.717) is 19.0 Å². The number of carbonyl (C=O) groups excluding carboxylic acids is 1. The first-order chi connectivity index (χ1) is 8.81. The lowest BCUT2D eigenvalue weighted by molar-refractivity contribution is -0.135. The standard InChI is InChI=1S/C15H23NO2S/c1-5-16(9-15(3,4)18)14(17)12-8-11(12)13-7-6-10(2)19-13/h6-7,11-12,18H,5,8-9H2,1-4H3. The maximum absolute atomic E-state index is 12.4. The molecule has 2 atom stereocenters. The van der Waals surface area contributed by atoms with Crippen molar-refractivity contribution < 1.29 is 9.90 Å². The Morgan fingerprint density at radius 3 is 2.68 bits per heavy atom. The number of aliphatic hydroxyl groups is 1. The van der Waals surface area contributed by atoms with Gasteiger partial charge in [0.05, 0.1) is 5.60 Å². The molecule has 1 aliphatic rings. The van der Waals surface area contributed by atoms with Gasteiger partial charge in [-0.15, -0.1) is 11.3 Å². The van der Waals surface area contributed by atoms with Crippen LogP contribution in [-0.2, 0) is 4.79 Å². The van der Waals surface area contributed by atoms with E-state index in [2.05, 4.69) is 19.1 Å². The summed E-state index contributed by atoms with van der Waals surface area (Å²) in [5.74, 6) is 0.725. The zero-order valence-corrected chi connectivity index (χ0v) is 13.0. The minimum Gasteiger partial charge on any atom is -0.389 e. The van der Waals surface area contributed by atoms with Crippen LogP contribution in [0.15, 0.2) is 12.1 Å². The number of hydrogen-bond acceptors (Lipinski definition) is 3. The third-order valence-corrected chi connectivity index (χ3v) is 4.64. The fraction of sp³-hybridized carbons (Fsp3) is 0.667. The van der Waals surface area contributed by atoms with Crippen molar-refractivity contribution >= 4 is 17.2 Å². The first-order valence-electron chi connectivity index (χ1n) is 6.89. The van der Waals surface area contributed by atoms with Crippen LogP contribution in [0.3, 0.4) is 0 Å². The molecule has 19 heavy (non-hydrogen) atoms. The van der Waals surface area contributed by atoms with Crippen LogP contribution in [0, 0.1) is 12.8 Å². The Labute approximate surface area is 119 Å². The summed E-state index contributed by atoms with van der Waals surface area (Å²) in [6.45, 7) is 8.63. The lowest BCUT2D eigenvalue weighted by Crippen LogP contribution is -2.42. The number of aryl methyl sites for hydroxylation is 1. The van der Waals surface area contributed by atoms with Gasteiger partial charge in [-0.25, -0.2) is 0 Å². The molecule has 1 aromatic rings. The SMILES string of the molecule is CCN(CC(C)(C)O)C(=O)C1CC1c1ccc(C)s1. The summed E-state index contributed by atoms with van der Waals surface area (Å²) in [7, 11) is 0. The summed E-state index contributed by atoms with van der Waals surface area (Å²) in [5, 5.41) is 9.86. The molecule has 106 valence electrons. The Balaban J connectivity index is 1.98. The molecule has 0 radical (unpaired) electrons. The van der Waals surface area contributed by atoms with Crippen molar-refractivity contribution in [3.05, 3.63) is 21.9 Å². The molecule has 2 rings (SSSR count). The second kappa shape index (κ2) is 5.25. The molecule has 0 aliphatic heterocycles. The summed E-state index contributed by atoms with van der Waals surface area (Å²) >= 11 is 1.79. The lowest BCUT2D eigenvalue weighted by atomic mass is 10.1. The number of rotatable bonds is 5. The fourth-order valence-corrected chi connectivity index (χ4v) is 3.54. The Hall–Kier alpha value is -0.870. The van der Waals surface area contributed by atoms with Crippen LogP contribution >= 0.6 is 11.3 Å². The molecule has 1 aliphatic carbocycles. The first-order valence-corrected chi connectivity index (χ1v) is 7.71. The molecule has 0 bridgehead atoms. The first kappa shape index (κ1) is 14.5. The molecule has 0 saturated heterocycles. The number of nitrogens with zero attached hydrogens (tertiary/aromatic N) is 1. The summed E-state index contributed by atoms with van der Waals surface area (Å²) in [4.78, 5) is 16.8. The fourth-order valence-electron chi connectivity index (χ4n) is 2.48. The van der Waals surface area contributed by atoms with Gasteiger partial charge < -0.3 is 10.0 Å². The van der Waals surface area contributed by atoms with Gasteiger partial charge in [0.15, 0.2) is 0 Å². The molecule has 1 heterocycles. The van der Waals surface area contributed by atoms with Gasteiger partial charge in [-0.05, 0) is 46.2 Å². The van der Waals surface area contributed by atoms with Crippen LogP contribution in [0.5, 0.6) is 0 Å². The van der Waals surface area contributed by atoms with Crippen LogP contribution < -0.4 is 0 Å². The average molecular weight is 281 g/mol. The zero-order chi connectivity index (χ0) is 14.2. The van der Waals surface area contributed by atoms with Crippen molar-refractivity contribution in [2.75, 3.05) is 13.1 Å². The predicted octanol–water partition coefficient (Wildman–Crippen LogP) is 2.78. The third kappa shape index (κ3) is 3.57. The van der Waals surface area contributed by atoms with Crippen molar-refractivity contribution in [2.24, 2.45) is 5.92 Å². The topological polar surface area (TPSA) is 40.5 Å². The lowest BCUT2D eigenvalue weighted by Gasteiger charge is -2.28. The molecular weight excluding hydrogens is 258 g/mol. The summed E-state index contributed by atoms with van der Waals surface area (Å²) < 4.78 is 0. The normalized spacial score (nSPS) is 22.4.